The Morgan fingerprint density at radius 2 is 2.00 bits per heavy atom. The van der Waals surface area contributed by atoms with E-state index >= 15 is 0 Å². The largest absolute Gasteiger partial charge is 0.297 e. The molecule has 0 saturated carbocycles. The van der Waals surface area contributed by atoms with Crippen LogP contribution in [0.3, 0.4) is 0 Å². The van der Waals surface area contributed by atoms with Crippen molar-refractivity contribution < 1.29 is 8.78 Å². The van der Waals surface area contributed by atoms with Crippen LogP contribution >= 0.6 is 27.5 Å². The third-order valence-electron chi connectivity index (χ3n) is 2.88. The van der Waals surface area contributed by atoms with Crippen LogP contribution in [0.5, 0.6) is 0 Å². The van der Waals surface area contributed by atoms with Gasteiger partial charge >= 0.3 is 0 Å². The first-order valence-electron chi connectivity index (χ1n) is 5.87. The van der Waals surface area contributed by atoms with Gasteiger partial charge in [0.2, 0.25) is 0 Å². The van der Waals surface area contributed by atoms with Crippen molar-refractivity contribution in [1.82, 2.24) is 14.5 Å². The maximum atomic E-state index is 14.0. The summed E-state index contributed by atoms with van der Waals surface area (Å²) in [6.07, 6.45) is 4.56. The molecule has 0 N–H and O–H groups in total. The molecule has 0 aliphatic heterocycles. The third-order valence-corrected chi connectivity index (χ3v) is 3.61. The molecule has 1 aromatic carbocycles. The Labute approximate surface area is 132 Å². The van der Waals surface area contributed by atoms with Crippen molar-refractivity contribution in [3.8, 4) is 17.1 Å². The molecule has 3 rings (SSSR count). The number of pyridine rings is 1. The number of rotatable bonds is 2. The van der Waals surface area contributed by atoms with E-state index in [1.165, 1.54) is 29.1 Å². The fourth-order valence-corrected chi connectivity index (χ4v) is 2.47. The molecule has 106 valence electrons. The number of aromatic nitrogens is 3. The van der Waals surface area contributed by atoms with E-state index in [0.717, 1.165) is 6.07 Å². The van der Waals surface area contributed by atoms with Crippen LogP contribution in [0.15, 0.2) is 47.3 Å². The molecule has 0 atom stereocenters. The molecule has 0 aliphatic rings. The Bertz CT molecular complexity index is 803. The number of benzene rings is 1. The minimum atomic E-state index is -0.948. The van der Waals surface area contributed by atoms with Gasteiger partial charge in [0.1, 0.15) is 11.0 Å². The van der Waals surface area contributed by atoms with Crippen molar-refractivity contribution in [3.63, 3.8) is 0 Å². The molecule has 0 bridgehead atoms. The lowest BCUT2D eigenvalue weighted by Gasteiger charge is -2.10. The highest BCUT2D eigenvalue weighted by Crippen LogP contribution is 2.30. The molecule has 0 unspecified atom stereocenters. The van der Waals surface area contributed by atoms with Gasteiger partial charge in [-0.1, -0.05) is 17.7 Å². The summed E-state index contributed by atoms with van der Waals surface area (Å²) in [5.74, 6) is -1.50. The van der Waals surface area contributed by atoms with Crippen LogP contribution in [-0.2, 0) is 0 Å². The van der Waals surface area contributed by atoms with Crippen LogP contribution in [0.2, 0.25) is 5.15 Å². The summed E-state index contributed by atoms with van der Waals surface area (Å²) in [5.41, 5.74) is 0.568. The molecule has 7 heteroatoms. The second-order valence-electron chi connectivity index (χ2n) is 4.19. The van der Waals surface area contributed by atoms with E-state index < -0.39 is 11.6 Å². The zero-order chi connectivity index (χ0) is 15.0. The van der Waals surface area contributed by atoms with Crippen LogP contribution in [0.4, 0.5) is 8.78 Å². The van der Waals surface area contributed by atoms with Gasteiger partial charge in [0.25, 0.3) is 0 Å². The number of nitrogens with zero attached hydrogens (tertiary/aromatic N) is 3. The van der Waals surface area contributed by atoms with Crippen molar-refractivity contribution >= 4 is 27.5 Å². The zero-order valence-corrected chi connectivity index (χ0v) is 12.7. The molecule has 21 heavy (non-hydrogen) atoms. The topological polar surface area (TPSA) is 30.7 Å². The Morgan fingerprint density at radius 3 is 2.81 bits per heavy atom. The molecule has 2 heterocycles. The summed E-state index contributed by atoms with van der Waals surface area (Å²) < 4.78 is 29.5. The zero-order valence-electron chi connectivity index (χ0n) is 10.4. The normalized spacial score (nSPS) is 10.9. The van der Waals surface area contributed by atoms with E-state index in [2.05, 4.69) is 25.9 Å². The lowest BCUT2D eigenvalue weighted by atomic mass is 10.2. The van der Waals surface area contributed by atoms with Gasteiger partial charge in [0.15, 0.2) is 11.6 Å². The van der Waals surface area contributed by atoms with Gasteiger partial charge in [0.05, 0.1) is 11.3 Å². The highest BCUT2D eigenvalue weighted by atomic mass is 79.9. The molecule has 0 spiro atoms. The van der Waals surface area contributed by atoms with E-state index in [4.69, 9.17) is 11.6 Å². The summed E-state index contributed by atoms with van der Waals surface area (Å²) in [4.78, 5) is 8.17. The quantitative estimate of drug-likeness (QED) is 0.616. The Kier molecular flexibility index (Phi) is 3.73. The van der Waals surface area contributed by atoms with E-state index in [1.807, 2.05) is 0 Å². The molecule has 0 aliphatic carbocycles. The Balaban J connectivity index is 2.22. The maximum Gasteiger partial charge on any atom is 0.182 e. The molecule has 0 radical (unpaired) electrons. The van der Waals surface area contributed by atoms with Crippen LogP contribution in [0.1, 0.15) is 0 Å². The van der Waals surface area contributed by atoms with Gasteiger partial charge in [-0.05, 0) is 34.1 Å². The average Bonchev–Trinajstić information content (AvgIpc) is 2.93. The van der Waals surface area contributed by atoms with Gasteiger partial charge < -0.3 is 0 Å². The molecule has 3 nitrogen and oxygen atoms in total. The fraction of sp³-hybridized carbons (Fsp3) is 0. The summed E-state index contributed by atoms with van der Waals surface area (Å²) in [5, 5.41) is 0.225. The number of imidazole rings is 1. The average molecular weight is 371 g/mol. The van der Waals surface area contributed by atoms with Crippen LogP contribution in [-0.4, -0.2) is 14.5 Å². The molecule has 0 saturated heterocycles. The van der Waals surface area contributed by atoms with Crippen LogP contribution in [0.25, 0.3) is 17.1 Å². The second-order valence-corrected chi connectivity index (χ2v) is 5.46. The molecule has 2 aromatic heterocycles. The summed E-state index contributed by atoms with van der Waals surface area (Å²) in [6, 6.07) is 5.66. The highest BCUT2D eigenvalue weighted by molar-refractivity contribution is 9.10. The Morgan fingerprint density at radius 1 is 1.19 bits per heavy atom. The smallest absolute Gasteiger partial charge is 0.182 e. The lowest BCUT2D eigenvalue weighted by Crippen LogP contribution is -2.02. The van der Waals surface area contributed by atoms with Crippen molar-refractivity contribution in [3.05, 3.63) is 64.1 Å². The second kappa shape index (κ2) is 5.54. The van der Waals surface area contributed by atoms with Gasteiger partial charge in [-0.15, -0.1) is 0 Å². The molecule has 3 aromatic rings. The molecular weight excluding hydrogens is 364 g/mol. The van der Waals surface area contributed by atoms with Gasteiger partial charge in [-0.25, -0.2) is 18.7 Å². The van der Waals surface area contributed by atoms with Crippen molar-refractivity contribution in [2.45, 2.75) is 0 Å². The SMILES string of the molecule is Fc1cccc(-n2ccnc2-c2cc(Br)cnc2Cl)c1F. The van der Waals surface area contributed by atoms with Gasteiger partial charge in [0, 0.05) is 23.1 Å². The first-order chi connectivity index (χ1) is 10.1. The van der Waals surface area contributed by atoms with Crippen molar-refractivity contribution in [2.24, 2.45) is 0 Å². The first-order valence-corrected chi connectivity index (χ1v) is 7.04. The predicted molar refractivity (Wildman–Crippen MR) is 79.4 cm³/mol. The first kappa shape index (κ1) is 14.2. The van der Waals surface area contributed by atoms with Crippen molar-refractivity contribution in [1.29, 1.82) is 0 Å². The van der Waals surface area contributed by atoms with Crippen LogP contribution in [0, 0.1) is 11.6 Å². The number of halogens is 4. The number of hydrogen-bond acceptors (Lipinski definition) is 2. The summed E-state index contributed by atoms with van der Waals surface area (Å²) in [6.45, 7) is 0. The monoisotopic (exact) mass is 369 g/mol. The van der Waals surface area contributed by atoms with E-state index in [1.54, 1.807) is 12.3 Å². The molecule has 0 amide bonds. The van der Waals surface area contributed by atoms with E-state index in [0.29, 0.717) is 15.9 Å². The predicted octanol–water partition coefficient (Wildman–Crippen LogP) is 4.63. The van der Waals surface area contributed by atoms with Crippen molar-refractivity contribution in [2.75, 3.05) is 0 Å². The van der Waals surface area contributed by atoms with E-state index in [-0.39, 0.29) is 10.8 Å². The Hall–Kier alpha value is -1.79. The standard InChI is InChI=1S/C14H7BrClF2N3/c15-8-6-9(13(16)20-7-8)14-19-4-5-21(14)11-3-1-2-10(17)12(11)18/h1-7H. The lowest BCUT2D eigenvalue weighted by molar-refractivity contribution is 0.504. The third kappa shape index (κ3) is 2.56. The minimum Gasteiger partial charge on any atom is -0.297 e. The highest BCUT2D eigenvalue weighted by Gasteiger charge is 2.16. The fourth-order valence-electron chi connectivity index (χ4n) is 1.95. The molecular formula is C14H7BrClF2N3. The van der Waals surface area contributed by atoms with Crippen LogP contribution < -0.4 is 0 Å². The summed E-state index contributed by atoms with van der Waals surface area (Å²) >= 11 is 9.36. The van der Waals surface area contributed by atoms with Gasteiger partial charge in [-0.3, -0.25) is 4.57 Å². The molecule has 0 fully saturated rings. The van der Waals surface area contributed by atoms with Gasteiger partial charge in [-0.2, -0.15) is 0 Å². The number of hydrogen-bond donors (Lipinski definition) is 0. The maximum absolute atomic E-state index is 14.0. The van der Waals surface area contributed by atoms with E-state index in [9.17, 15) is 8.78 Å². The summed E-state index contributed by atoms with van der Waals surface area (Å²) in [7, 11) is 0. The minimum absolute atomic E-state index is 0.0542.